The van der Waals surface area contributed by atoms with E-state index in [2.05, 4.69) is 78.3 Å². The first kappa shape index (κ1) is 15.3. The van der Waals surface area contributed by atoms with Crippen molar-refractivity contribution in [1.29, 1.82) is 0 Å². The highest BCUT2D eigenvalue weighted by Crippen LogP contribution is 2.30. The van der Waals surface area contributed by atoms with Gasteiger partial charge in [0, 0.05) is 49.5 Å². The fourth-order valence-electron chi connectivity index (χ4n) is 3.75. The van der Waals surface area contributed by atoms with E-state index in [1.165, 1.54) is 39.0 Å². The van der Waals surface area contributed by atoms with Crippen molar-refractivity contribution in [1.82, 2.24) is 9.88 Å². The summed E-state index contributed by atoms with van der Waals surface area (Å²) < 4.78 is 2.50. The molecule has 1 aromatic heterocycles. The van der Waals surface area contributed by atoms with Gasteiger partial charge in [0.15, 0.2) is 0 Å². The zero-order valence-corrected chi connectivity index (χ0v) is 14.8. The van der Waals surface area contributed by atoms with E-state index in [1.54, 1.807) is 0 Å². The monoisotopic (exact) mass is 319 g/mol. The minimum Gasteiger partial charge on any atom is -0.378 e. The second-order valence-electron chi connectivity index (χ2n) is 7.02. The Hall–Kier alpha value is -2.26. The first-order chi connectivity index (χ1) is 11.6. The predicted molar refractivity (Wildman–Crippen MR) is 102 cm³/mol. The maximum Gasteiger partial charge on any atom is 0.0489 e. The van der Waals surface area contributed by atoms with Gasteiger partial charge in [-0.1, -0.05) is 23.8 Å². The first-order valence-electron chi connectivity index (χ1n) is 8.71. The van der Waals surface area contributed by atoms with Gasteiger partial charge in [0.25, 0.3) is 0 Å². The standard InChI is InChI=1S/C21H25N3/c1-15-4-9-20-19(12-15)18-10-11-22-13-21(18)24(20)14-16-5-7-17(8-6-16)23(2)3/h4-9,12,22H,10-11,13-14H2,1-3H3. The van der Waals surface area contributed by atoms with E-state index >= 15 is 0 Å². The normalized spacial score (nSPS) is 14.0. The molecular formula is C21H25N3. The van der Waals surface area contributed by atoms with E-state index < -0.39 is 0 Å². The maximum absolute atomic E-state index is 3.54. The zero-order valence-electron chi connectivity index (χ0n) is 14.8. The third-order valence-corrected chi connectivity index (χ3v) is 5.08. The lowest BCUT2D eigenvalue weighted by atomic mass is 10.0. The van der Waals surface area contributed by atoms with Crippen LogP contribution in [0.4, 0.5) is 5.69 Å². The quantitative estimate of drug-likeness (QED) is 0.794. The summed E-state index contributed by atoms with van der Waals surface area (Å²) >= 11 is 0. The van der Waals surface area contributed by atoms with Crippen LogP contribution in [0.15, 0.2) is 42.5 Å². The summed E-state index contributed by atoms with van der Waals surface area (Å²) in [6.07, 6.45) is 1.13. The van der Waals surface area contributed by atoms with Crippen LogP contribution in [-0.2, 0) is 19.5 Å². The Morgan fingerprint density at radius 1 is 1.08 bits per heavy atom. The summed E-state index contributed by atoms with van der Waals surface area (Å²) in [5, 5.41) is 4.98. The summed E-state index contributed by atoms with van der Waals surface area (Å²) in [7, 11) is 4.16. The van der Waals surface area contributed by atoms with Crippen molar-refractivity contribution in [2.75, 3.05) is 25.5 Å². The number of hydrogen-bond donors (Lipinski definition) is 1. The fraction of sp³-hybridized carbons (Fsp3) is 0.333. The van der Waals surface area contributed by atoms with Crippen LogP contribution in [0, 0.1) is 6.92 Å². The van der Waals surface area contributed by atoms with Crippen molar-refractivity contribution < 1.29 is 0 Å². The Morgan fingerprint density at radius 3 is 2.62 bits per heavy atom. The van der Waals surface area contributed by atoms with E-state index in [0.717, 1.165) is 26.1 Å². The van der Waals surface area contributed by atoms with Crippen LogP contribution in [0.3, 0.4) is 0 Å². The molecule has 0 saturated heterocycles. The molecule has 0 aliphatic carbocycles. The summed E-state index contributed by atoms with van der Waals surface area (Å²) in [6, 6.07) is 15.8. The van der Waals surface area contributed by atoms with Crippen molar-refractivity contribution in [3.63, 3.8) is 0 Å². The fourth-order valence-corrected chi connectivity index (χ4v) is 3.75. The molecule has 0 amide bonds. The molecule has 4 rings (SSSR count). The average molecular weight is 319 g/mol. The van der Waals surface area contributed by atoms with Gasteiger partial charge in [0.1, 0.15) is 0 Å². The smallest absolute Gasteiger partial charge is 0.0489 e. The van der Waals surface area contributed by atoms with E-state index in [1.807, 2.05) is 0 Å². The zero-order chi connectivity index (χ0) is 16.7. The van der Waals surface area contributed by atoms with E-state index in [4.69, 9.17) is 0 Å². The third kappa shape index (κ3) is 2.59. The van der Waals surface area contributed by atoms with Crippen molar-refractivity contribution in [3.05, 3.63) is 64.8 Å². The molecule has 1 aliphatic rings. The van der Waals surface area contributed by atoms with Crippen molar-refractivity contribution in [2.24, 2.45) is 0 Å². The number of anilines is 1. The van der Waals surface area contributed by atoms with Crippen LogP contribution < -0.4 is 10.2 Å². The Kier molecular flexibility index (Phi) is 3.81. The summed E-state index contributed by atoms with van der Waals surface area (Å²) in [4.78, 5) is 2.14. The molecular weight excluding hydrogens is 294 g/mol. The average Bonchev–Trinajstić information content (AvgIpc) is 2.89. The lowest BCUT2D eigenvalue weighted by Gasteiger charge is -2.18. The van der Waals surface area contributed by atoms with Crippen molar-refractivity contribution in [2.45, 2.75) is 26.4 Å². The molecule has 124 valence electrons. The van der Waals surface area contributed by atoms with E-state index in [0.29, 0.717) is 0 Å². The number of nitrogens with zero attached hydrogens (tertiary/aromatic N) is 2. The number of fused-ring (bicyclic) bond motifs is 3. The number of aryl methyl sites for hydroxylation is 1. The second-order valence-corrected chi connectivity index (χ2v) is 7.02. The molecule has 0 saturated carbocycles. The molecule has 3 nitrogen and oxygen atoms in total. The Balaban J connectivity index is 1.78. The van der Waals surface area contributed by atoms with E-state index in [-0.39, 0.29) is 0 Å². The number of rotatable bonds is 3. The Bertz CT molecular complexity index is 872. The van der Waals surface area contributed by atoms with Gasteiger partial charge >= 0.3 is 0 Å². The number of benzene rings is 2. The minimum atomic E-state index is 0.935. The molecule has 24 heavy (non-hydrogen) atoms. The van der Waals surface area contributed by atoms with Gasteiger partial charge < -0.3 is 14.8 Å². The molecule has 2 heterocycles. The first-order valence-corrected chi connectivity index (χ1v) is 8.71. The second kappa shape index (κ2) is 5.99. The molecule has 0 radical (unpaired) electrons. The van der Waals surface area contributed by atoms with Crippen LogP contribution in [-0.4, -0.2) is 25.2 Å². The largest absolute Gasteiger partial charge is 0.378 e. The van der Waals surface area contributed by atoms with Gasteiger partial charge in [-0.2, -0.15) is 0 Å². The van der Waals surface area contributed by atoms with Gasteiger partial charge in [0.05, 0.1) is 0 Å². The SMILES string of the molecule is Cc1ccc2c(c1)c1c(n2Cc2ccc(N(C)C)cc2)CNCC1. The Labute approximate surface area is 143 Å². The molecule has 3 aromatic rings. The lowest BCUT2D eigenvalue weighted by molar-refractivity contribution is 0.602. The molecule has 0 fully saturated rings. The van der Waals surface area contributed by atoms with Crippen LogP contribution in [0.25, 0.3) is 10.9 Å². The van der Waals surface area contributed by atoms with Crippen LogP contribution in [0.2, 0.25) is 0 Å². The molecule has 0 bridgehead atoms. The number of aromatic nitrogens is 1. The third-order valence-electron chi connectivity index (χ3n) is 5.08. The maximum atomic E-state index is 3.54. The summed E-state index contributed by atoms with van der Waals surface area (Å²) in [5.41, 5.74) is 8.31. The topological polar surface area (TPSA) is 20.2 Å². The molecule has 2 aromatic carbocycles. The van der Waals surface area contributed by atoms with Gasteiger partial charge in [-0.3, -0.25) is 0 Å². The molecule has 1 N–H and O–H groups in total. The van der Waals surface area contributed by atoms with Crippen LogP contribution in [0.5, 0.6) is 0 Å². The van der Waals surface area contributed by atoms with Crippen molar-refractivity contribution in [3.8, 4) is 0 Å². The minimum absolute atomic E-state index is 0.935. The highest BCUT2D eigenvalue weighted by molar-refractivity contribution is 5.86. The molecule has 3 heteroatoms. The van der Waals surface area contributed by atoms with Gasteiger partial charge in [-0.05, 0) is 55.3 Å². The number of nitrogens with one attached hydrogen (secondary N) is 1. The molecule has 0 spiro atoms. The molecule has 1 aliphatic heterocycles. The van der Waals surface area contributed by atoms with Crippen LogP contribution in [0.1, 0.15) is 22.4 Å². The summed E-state index contributed by atoms with van der Waals surface area (Å²) in [5.74, 6) is 0. The highest BCUT2D eigenvalue weighted by Gasteiger charge is 2.19. The van der Waals surface area contributed by atoms with Gasteiger partial charge in [-0.15, -0.1) is 0 Å². The van der Waals surface area contributed by atoms with E-state index in [9.17, 15) is 0 Å². The highest BCUT2D eigenvalue weighted by atomic mass is 15.1. The summed E-state index contributed by atoms with van der Waals surface area (Å²) in [6.45, 7) is 5.17. The van der Waals surface area contributed by atoms with Gasteiger partial charge in [0.2, 0.25) is 0 Å². The lowest BCUT2D eigenvalue weighted by Crippen LogP contribution is -2.25. The molecule has 0 unspecified atom stereocenters. The van der Waals surface area contributed by atoms with Crippen LogP contribution >= 0.6 is 0 Å². The Morgan fingerprint density at radius 2 is 1.88 bits per heavy atom. The molecule has 0 atom stereocenters. The van der Waals surface area contributed by atoms with Gasteiger partial charge in [-0.25, -0.2) is 0 Å². The van der Waals surface area contributed by atoms with Crippen molar-refractivity contribution >= 4 is 16.6 Å². The number of hydrogen-bond acceptors (Lipinski definition) is 2. The predicted octanol–water partition coefficient (Wildman–Crippen LogP) is 3.71.